The van der Waals surface area contributed by atoms with Crippen LogP contribution in [0.4, 0.5) is 0 Å². The van der Waals surface area contributed by atoms with E-state index in [1.54, 1.807) is 0 Å². The molecule has 4 aromatic carbocycles. The summed E-state index contributed by atoms with van der Waals surface area (Å²) in [6.07, 6.45) is 0. The van der Waals surface area contributed by atoms with E-state index < -0.39 is 7.92 Å². The second-order valence-electron chi connectivity index (χ2n) is 6.83. The van der Waals surface area contributed by atoms with E-state index in [0.717, 1.165) is 0 Å². The van der Waals surface area contributed by atoms with Crippen LogP contribution in [0.2, 0.25) is 0 Å². The van der Waals surface area contributed by atoms with Gasteiger partial charge in [-0.2, -0.15) is 0 Å². The normalized spacial score (nSPS) is 13.2. The fraction of sp³-hybridized carbons (Fsp3) is 0.0769. The van der Waals surface area contributed by atoms with Crippen molar-refractivity contribution in [3.8, 4) is 0 Å². The average molecular weight is 381 g/mol. The van der Waals surface area contributed by atoms with Crippen molar-refractivity contribution in [3.63, 3.8) is 0 Å². The predicted molar refractivity (Wildman–Crippen MR) is 122 cm³/mol. The third-order valence-electron chi connectivity index (χ3n) is 5.01. The fourth-order valence-electron chi connectivity index (χ4n) is 3.67. The SMILES string of the molecule is N[C@H](c1ccccc1)[C@@H](c1ccccc1)P(c1ccccc1)c1ccccc1. The van der Waals surface area contributed by atoms with Crippen LogP contribution in [0.3, 0.4) is 0 Å². The summed E-state index contributed by atoms with van der Waals surface area (Å²) in [5.74, 6) is 0. The van der Waals surface area contributed by atoms with E-state index >= 15 is 0 Å². The zero-order valence-corrected chi connectivity index (χ0v) is 16.6. The van der Waals surface area contributed by atoms with E-state index in [0.29, 0.717) is 0 Å². The molecule has 0 bridgehead atoms. The minimum Gasteiger partial charge on any atom is -0.323 e. The smallest absolute Gasteiger partial charge is 0.0410 e. The summed E-state index contributed by atoms with van der Waals surface area (Å²) in [7, 11) is -0.679. The van der Waals surface area contributed by atoms with Crippen molar-refractivity contribution in [2.75, 3.05) is 0 Å². The lowest BCUT2D eigenvalue weighted by Gasteiger charge is -2.34. The van der Waals surface area contributed by atoms with Crippen LogP contribution in [0.15, 0.2) is 121 Å². The molecule has 0 heterocycles. The molecule has 0 aliphatic heterocycles. The van der Waals surface area contributed by atoms with E-state index in [1.807, 2.05) is 6.07 Å². The molecule has 2 atom stereocenters. The van der Waals surface area contributed by atoms with Gasteiger partial charge in [-0.05, 0) is 29.7 Å². The van der Waals surface area contributed by atoms with Crippen LogP contribution in [0.5, 0.6) is 0 Å². The molecule has 0 aliphatic rings. The molecule has 28 heavy (non-hydrogen) atoms. The minimum absolute atomic E-state index is 0.0878. The van der Waals surface area contributed by atoms with Crippen LogP contribution in [0.25, 0.3) is 0 Å². The van der Waals surface area contributed by atoms with Gasteiger partial charge in [0.1, 0.15) is 0 Å². The Kier molecular flexibility index (Phi) is 5.97. The molecule has 0 fully saturated rings. The van der Waals surface area contributed by atoms with Crippen molar-refractivity contribution in [3.05, 3.63) is 132 Å². The topological polar surface area (TPSA) is 26.0 Å². The highest BCUT2D eigenvalue weighted by molar-refractivity contribution is 7.73. The third kappa shape index (κ3) is 4.07. The third-order valence-corrected chi connectivity index (χ3v) is 7.90. The number of rotatable bonds is 6. The van der Waals surface area contributed by atoms with E-state index in [9.17, 15) is 0 Å². The van der Waals surface area contributed by atoms with Crippen molar-refractivity contribution in [1.82, 2.24) is 0 Å². The van der Waals surface area contributed by atoms with Crippen molar-refractivity contribution in [2.45, 2.75) is 11.7 Å². The summed E-state index contributed by atoms with van der Waals surface area (Å²) in [5, 5.41) is 2.70. The van der Waals surface area contributed by atoms with Crippen LogP contribution in [-0.4, -0.2) is 0 Å². The van der Waals surface area contributed by atoms with Crippen molar-refractivity contribution >= 4 is 18.5 Å². The fourth-order valence-corrected chi connectivity index (χ4v) is 6.56. The predicted octanol–water partition coefficient (Wildman–Crippen LogP) is 5.56. The summed E-state index contributed by atoms with van der Waals surface area (Å²) in [5.41, 5.74) is 9.61. The lowest BCUT2D eigenvalue weighted by Crippen LogP contribution is -2.26. The Morgan fingerprint density at radius 2 is 0.821 bits per heavy atom. The van der Waals surface area contributed by atoms with Crippen molar-refractivity contribution in [1.29, 1.82) is 0 Å². The molecule has 4 rings (SSSR count). The molecule has 0 spiro atoms. The molecule has 0 aliphatic carbocycles. The number of benzene rings is 4. The molecule has 4 aromatic rings. The lowest BCUT2D eigenvalue weighted by atomic mass is 9.99. The molecule has 0 amide bonds. The maximum Gasteiger partial charge on any atom is 0.0410 e. The van der Waals surface area contributed by atoms with Gasteiger partial charge in [-0.1, -0.05) is 121 Å². The first-order valence-electron chi connectivity index (χ1n) is 9.59. The molecular weight excluding hydrogens is 357 g/mol. The molecule has 2 N–H and O–H groups in total. The highest BCUT2D eigenvalue weighted by Crippen LogP contribution is 2.54. The zero-order valence-electron chi connectivity index (χ0n) is 15.7. The maximum atomic E-state index is 6.96. The monoisotopic (exact) mass is 381 g/mol. The first kappa shape index (κ1) is 18.6. The first-order valence-corrected chi connectivity index (χ1v) is 11.0. The average Bonchev–Trinajstić information content (AvgIpc) is 2.79. The quantitative estimate of drug-likeness (QED) is 0.435. The standard InChI is InChI=1S/C26H24NP/c27-25(21-13-5-1-6-14-21)26(22-15-7-2-8-16-22)28(23-17-9-3-10-18-23)24-19-11-4-12-20-24/h1-20,25-26H,27H2/t25-,26-/m1/s1. The van der Waals surface area contributed by atoms with E-state index in [1.165, 1.54) is 21.7 Å². The molecule has 0 aromatic heterocycles. The Hall–Kier alpha value is -2.73. The van der Waals surface area contributed by atoms with Crippen molar-refractivity contribution < 1.29 is 0 Å². The Bertz CT molecular complexity index is 932. The Balaban J connectivity index is 1.89. The van der Waals surface area contributed by atoms with Gasteiger partial charge in [0.05, 0.1) is 0 Å². The summed E-state index contributed by atoms with van der Waals surface area (Å²) < 4.78 is 0. The summed E-state index contributed by atoms with van der Waals surface area (Å²) >= 11 is 0. The van der Waals surface area contributed by atoms with Gasteiger partial charge in [-0.3, -0.25) is 0 Å². The Morgan fingerprint density at radius 1 is 0.464 bits per heavy atom. The van der Waals surface area contributed by atoms with Crippen LogP contribution >= 0.6 is 7.92 Å². The van der Waals surface area contributed by atoms with Crippen LogP contribution in [0.1, 0.15) is 22.8 Å². The summed E-state index contributed by atoms with van der Waals surface area (Å²) in [6.45, 7) is 0. The van der Waals surface area contributed by atoms with Gasteiger partial charge in [-0.15, -0.1) is 0 Å². The minimum atomic E-state index is -0.679. The van der Waals surface area contributed by atoms with E-state index in [2.05, 4.69) is 115 Å². The molecule has 1 nitrogen and oxygen atoms in total. The van der Waals surface area contributed by atoms with Crippen LogP contribution in [-0.2, 0) is 0 Å². The molecule has 2 heteroatoms. The van der Waals surface area contributed by atoms with E-state index in [-0.39, 0.29) is 11.7 Å². The van der Waals surface area contributed by atoms with Gasteiger partial charge in [0.15, 0.2) is 0 Å². The van der Waals surface area contributed by atoms with Gasteiger partial charge < -0.3 is 5.73 Å². The molecule has 0 saturated carbocycles. The van der Waals surface area contributed by atoms with Gasteiger partial charge in [0, 0.05) is 11.7 Å². The molecule has 0 radical (unpaired) electrons. The zero-order chi connectivity index (χ0) is 19.2. The summed E-state index contributed by atoms with van der Waals surface area (Å²) in [4.78, 5) is 0. The number of hydrogen-bond donors (Lipinski definition) is 1. The maximum absolute atomic E-state index is 6.96. The van der Waals surface area contributed by atoms with E-state index in [4.69, 9.17) is 5.73 Å². The summed E-state index contributed by atoms with van der Waals surface area (Å²) in [6, 6.07) is 42.8. The second kappa shape index (κ2) is 8.97. The van der Waals surface area contributed by atoms with Gasteiger partial charge in [-0.25, -0.2) is 0 Å². The second-order valence-corrected chi connectivity index (χ2v) is 9.16. The van der Waals surface area contributed by atoms with Crippen molar-refractivity contribution in [2.24, 2.45) is 5.73 Å². The number of hydrogen-bond acceptors (Lipinski definition) is 1. The van der Waals surface area contributed by atoms with Gasteiger partial charge >= 0.3 is 0 Å². The highest BCUT2D eigenvalue weighted by atomic mass is 31.1. The molecule has 0 saturated heterocycles. The lowest BCUT2D eigenvalue weighted by molar-refractivity contribution is 0.700. The largest absolute Gasteiger partial charge is 0.323 e. The first-order chi connectivity index (χ1) is 13.8. The molecule has 0 unspecified atom stereocenters. The van der Waals surface area contributed by atoms with Gasteiger partial charge in [0.2, 0.25) is 0 Å². The van der Waals surface area contributed by atoms with Crippen LogP contribution in [0, 0.1) is 0 Å². The Labute approximate surface area is 168 Å². The molecular formula is C26H24NP. The van der Waals surface area contributed by atoms with Crippen LogP contribution < -0.4 is 16.3 Å². The van der Waals surface area contributed by atoms with Gasteiger partial charge in [0.25, 0.3) is 0 Å². The highest BCUT2D eigenvalue weighted by Gasteiger charge is 2.31. The Morgan fingerprint density at radius 3 is 1.25 bits per heavy atom. The molecule has 138 valence electrons. The number of nitrogens with two attached hydrogens (primary N) is 1.